The highest BCUT2D eigenvalue weighted by Gasteiger charge is 2.17. The third-order valence-corrected chi connectivity index (χ3v) is 3.75. The maximum atomic E-state index is 14.7. The van der Waals surface area contributed by atoms with Crippen LogP contribution in [-0.2, 0) is 4.79 Å². The van der Waals surface area contributed by atoms with Gasteiger partial charge in [0.25, 0.3) is 0 Å². The second-order valence-corrected chi connectivity index (χ2v) is 6.09. The van der Waals surface area contributed by atoms with Gasteiger partial charge in [-0.3, -0.25) is 0 Å². The highest BCUT2D eigenvalue weighted by Crippen LogP contribution is 2.38. The Kier molecular flexibility index (Phi) is 6.39. The molecule has 27 heavy (non-hydrogen) atoms. The standard InChI is InChI=1S/C20H21F2NO4/c1-11(2)23-13-5-6-14(16(21)9-13)15-10-18(26-3)12(8-19(15)27-4)7-17(22)20(24)25/h5-11,23H,1-4H3,(H,24,25). The molecule has 0 fully saturated rings. The fraction of sp³-hybridized carbons (Fsp3) is 0.250. The lowest BCUT2D eigenvalue weighted by atomic mass is 10.00. The molecule has 0 atom stereocenters. The van der Waals surface area contributed by atoms with Crippen LogP contribution in [0.4, 0.5) is 14.5 Å². The van der Waals surface area contributed by atoms with Crippen molar-refractivity contribution in [2.24, 2.45) is 0 Å². The van der Waals surface area contributed by atoms with Crippen LogP contribution < -0.4 is 14.8 Å². The number of carboxylic acids is 1. The van der Waals surface area contributed by atoms with Crippen LogP contribution in [0, 0.1) is 5.82 Å². The summed E-state index contributed by atoms with van der Waals surface area (Å²) in [7, 11) is 2.74. The van der Waals surface area contributed by atoms with Crippen LogP contribution in [-0.4, -0.2) is 31.3 Å². The van der Waals surface area contributed by atoms with Gasteiger partial charge in [0.15, 0.2) is 0 Å². The van der Waals surface area contributed by atoms with Crippen molar-refractivity contribution in [2.75, 3.05) is 19.5 Å². The van der Waals surface area contributed by atoms with Crippen molar-refractivity contribution in [3.8, 4) is 22.6 Å². The molecule has 2 aromatic carbocycles. The van der Waals surface area contributed by atoms with Crippen molar-refractivity contribution in [1.29, 1.82) is 0 Å². The zero-order valence-corrected chi connectivity index (χ0v) is 15.5. The Morgan fingerprint density at radius 3 is 2.30 bits per heavy atom. The van der Waals surface area contributed by atoms with E-state index in [1.54, 1.807) is 12.1 Å². The predicted molar refractivity (Wildman–Crippen MR) is 100 cm³/mol. The molecular formula is C20H21F2NO4. The monoisotopic (exact) mass is 377 g/mol. The van der Waals surface area contributed by atoms with Gasteiger partial charge >= 0.3 is 5.97 Å². The van der Waals surface area contributed by atoms with Gasteiger partial charge < -0.3 is 19.9 Å². The van der Waals surface area contributed by atoms with Crippen molar-refractivity contribution in [3.63, 3.8) is 0 Å². The molecule has 0 saturated carbocycles. The summed E-state index contributed by atoms with van der Waals surface area (Å²) in [5, 5.41) is 11.8. The third-order valence-electron chi connectivity index (χ3n) is 3.75. The summed E-state index contributed by atoms with van der Waals surface area (Å²) in [6, 6.07) is 7.75. The summed E-state index contributed by atoms with van der Waals surface area (Å²) < 4.78 is 38.7. The Labute approximate surface area is 156 Å². The molecule has 0 saturated heterocycles. The van der Waals surface area contributed by atoms with E-state index in [0.29, 0.717) is 11.3 Å². The first kappa shape index (κ1) is 20.2. The quantitative estimate of drug-likeness (QED) is 0.683. The third kappa shape index (κ3) is 4.75. The van der Waals surface area contributed by atoms with Crippen LogP contribution >= 0.6 is 0 Å². The second kappa shape index (κ2) is 8.53. The summed E-state index contributed by atoms with van der Waals surface area (Å²) in [4.78, 5) is 10.7. The normalized spacial score (nSPS) is 11.4. The SMILES string of the molecule is COc1cc(-c2ccc(NC(C)C)cc2F)c(OC)cc1C=C(F)C(=O)O. The Balaban J connectivity index is 2.57. The smallest absolute Gasteiger partial charge is 0.364 e. The maximum Gasteiger partial charge on any atom is 0.364 e. The first-order chi connectivity index (χ1) is 12.8. The van der Waals surface area contributed by atoms with Gasteiger partial charge in [0.1, 0.15) is 17.3 Å². The molecule has 0 aliphatic heterocycles. The molecule has 0 spiro atoms. The zero-order chi connectivity index (χ0) is 20.1. The van der Waals surface area contributed by atoms with Crippen LogP contribution in [0.25, 0.3) is 17.2 Å². The maximum absolute atomic E-state index is 14.7. The number of carboxylic acid groups (broad SMARTS) is 1. The van der Waals surface area contributed by atoms with E-state index in [4.69, 9.17) is 14.6 Å². The average molecular weight is 377 g/mol. The largest absolute Gasteiger partial charge is 0.496 e. The van der Waals surface area contributed by atoms with Crippen molar-refractivity contribution in [1.82, 2.24) is 0 Å². The second-order valence-electron chi connectivity index (χ2n) is 6.09. The van der Waals surface area contributed by atoms with E-state index in [1.807, 2.05) is 13.8 Å². The topological polar surface area (TPSA) is 67.8 Å². The molecule has 0 amide bonds. The van der Waals surface area contributed by atoms with Crippen LogP contribution in [0.15, 0.2) is 36.2 Å². The van der Waals surface area contributed by atoms with Gasteiger partial charge in [-0.05, 0) is 50.3 Å². The number of rotatable bonds is 7. The van der Waals surface area contributed by atoms with E-state index < -0.39 is 17.6 Å². The van der Waals surface area contributed by atoms with Gasteiger partial charge in [0.2, 0.25) is 5.83 Å². The molecule has 0 bridgehead atoms. The zero-order valence-electron chi connectivity index (χ0n) is 15.5. The Hall–Kier alpha value is -3.09. The Morgan fingerprint density at radius 1 is 1.11 bits per heavy atom. The number of anilines is 1. The van der Waals surface area contributed by atoms with Crippen LogP contribution in [0.1, 0.15) is 19.4 Å². The van der Waals surface area contributed by atoms with E-state index in [2.05, 4.69) is 5.32 Å². The number of aliphatic carboxylic acids is 1. The first-order valence-electron chi connectivity index (χ1n) is 8.19. The number of halogens is 2. The van der Waals surface area contributed by atoms with Gasteiger partial charge in [0.05, 0.1) is 14.2 Å². The lowest BCUT2D eigenvalue weighted by Crippen LogP contribution is -2.09. The van der Waals surface area contributed by atoms with Crippen LogP contribution in [0.2, 0.25) is 0 Å². The van der Waals surface area contributed by atoms with Crippen molar-refractivity contribution < 1.29 is 28.2 Å². The van der Waals surface area contributed by atoms with Crippen LogP contribution in [0.3, 0.4) is 0 Å². The fourth-order valence-corrected chi connectivity index (χ4v) is 2.60. The summed E-state index contributed by atoms with van der Waals surface area (Å²) in [5.74, 6) is -3.08. The Bertz CT molecular complexity index is 879. The van der Waals surface area contributed by atoms with Gasteiger partial charge in [0, 0.05) is 28.4 Å². The molecule has 0 heterocycles. The molecule has 2 aromatic rings. The lowest BCUT2D eigenvalue weighted by Gasteiger charge is -2.15. The van der Waals surface area contributed by atoms with E-state index in [9.17, 15) is 13.6 Å². The number of carbonyl (C=O) groups is 1. The molecule has 7 heteroatoms. The van der Waals surface area contributed by atoms with E-state index >= 15 is 0 Å². The molecular weight excluding hydrogens is 356 g/mol. The highest BCUT2D eigenvalue weighted by atomic mass is 19.1. The molecule has 5 nitrogen and oxygen atoms in total. The number of methoxy groups -OCH3 is 2. The minimum Gasteiger partial charge on any atom is -0.496 e. The van der Waals surface area contributed by atoms with Gasteiger partial charge in [-0.2, -0.15) is 4.39 Å². The molecule has 0 radical (unpaired) electrons. The Morgan fingerprint density at radius 2 is 1.78 bits per heavy atom. The number of hydrogen-bond acceptors (Lipinski definition) is 4. The van der Waals surface area contributed by atoms with Crippen molar-refractivity contribution in [3.05, 3.63) is 47.5 Å². The van der Waals surface area contributed by atoms with E-state index in [-0.39, 0.29) is 28.7 Å². The predicted octanol–water partition coefficient (Wildman–Crippen LogP) is 4.73. The van der Waals surface area contributed by atoms with E-state index in [0.717, 1.165) is 6.08 Å². The molecule has 144 valence electrons. The summed E-state index contributed by atoms with van der Waals surface area (Å²) in [6.45, 7) is 3.89. The van der Waals surface area contributed by atoms with Crippen molar-refractivity contribution in [2.45, 2.75) is 19.9 Å². The number of hydrogen-bond donors (Lipinski definition) is 2. The minimum atomic E-state index is -1.70. The summed E-state index contributed by atoms with van der Waals surface area (Å²) in [6.07, 6.45) is 0.819. The lowest BCUT2D eigenvalue weighted by molar-refractivity contribution is -0.134. The van der Waals surface area contributed by atoms with Gasteiger partial charge in [-0.15, -0.1) is 0 Å². The summed E-state index contributed by atoms with van der Waals surface area (Å²) in [5.41, 5.74) is 1.47. The molecule has 0 aliphatic carbocycles. The number of nitrogens with one attached hydrogen (secondary N) is 1. The first-order valence-corrected chi connectivity index (χ1v) is 8.19. The van der Waals surface area contributed by atoms with Crippen molar-refractivity contribution >= 4 is 17.7 Å². The molecule has 0 aliphatic rings. The van der Waals surface area contributed by atoms with Gasteiger partial charge in [-0.1, -0.05) is 0 Å². The fourth-order valence-electron chi connectivity index (χ4n) is 2.60. The molecule has 2 rings (SSSR count). The van der Waals surface area contributed by atoms with E-state index in [1.165, 1.54) is 32.4 Å². The van der Waals surface area contributed by atoms with Crippen LogP contribution in [0.5, 0.6) is 11.5 Å². The molecule has 2 N–H and O–H groups in total. The average Bonchev–Trinajstić information content (AvgIpc) is 2.61. The highest BCUT2D eigenvalue weighted by molar-refractivity contribution is 5.90. The molecule has 0 aromatic heterocycles. The number of benzene rings is 2. The molecule has 0 unspecified atom stereocenters. The number of ether oxygens (including phenoxy) is 2. The van der Waals surface area contributed by atoms with Gasteiger partial charge in [-0.25, -0.2) is 9.18 Å². The minimum absolute atomic E-state index is 0.153. The summed E-state index contributed by atoms with van der Waals surface area (Å²) >= 11 is 0.